The van der Waals surface area contributed by atoms with Crippen LogP contribution in [0.4, 0.5) is 0 Å². The van der Waals surface area contributed by atoms with Crippen LogP contribution in [-0.4, -0.2) is 36.0 Å². The van der Waals surface area contributed by atoms with Crippen molar-refractivity contribution in [2.75, 3.05) is 13.1 Å². The fourth-order valence-corrected chi connectivity index (χ4v) is 4.22. The molecule has 1 unspecified atom stereocenters. The molecule has 29 heavy (non-hydrogen) atoms. The number of allylic oxidation sites excluding steroid dienone is 1. The summed E-state index contributed by atoms with van der Waals surface area (Å²) < 4.78 is 0. The fraction of sp³-hybridized carbons (Fsp3) is 0.800. The average Bonchev–Trinajstić information content (AvgIpc) is 3.12. The maximum absolute atomic E-state index is 12.5. The lowest BCUT2D eigenvalue weighted by atomic mass is 9.90. The van der Waals surface area contributed by atoms with Crippen LogP contribution >= 0.6 is 0 Å². The van der Waals surface area contributed by atoms with Gasteiger partial charge in [-0.15, -0.1) is 0 Å². The van der Waals surface area contributed by atoms with Crippen LogP contribution in [0.15, 0.2) is 12.2 Å². The Labute approximate surface area is 178 Å². The number of aldehydes is 1. The van der Waals surface area contributed by atoms with Crippen molar-refractivity contribution in [2.45, 2.75) is 110 Å². The summed E-state index contributed by atoms with van der Waals surface area (Å²) in [6, 6.07) is 0. The van der Waals surface area contributed by atoms with E-state index in [4.69, 9.17) is 0 Å². The molecule has 1 amide bonds. The molecule has 1 saturated heterocycles. The van der Waals surface area contributed by atoms with Crippen LogP contribution < -0.4 is 0 Å². The van der Waals surface area contributed by atoms with Gasteiger partial charge in [0.05, 0.1) is 0 Å². The van der Waals surface area contributed by atoms with Gasteiger partial charge in [0.25, 0.3) is 0 Å². The molecular weight excluding hydrogens is 362 g/mol. The quantitative estimate of drug-likeness (QED) is 0.150. The van der Waals surface area contributed by atoms with Gasteiger partial charge in [-0.25, -0.2) is 0 Å². The number of Topliss-reactive ketones (excluding diaryl/α,β-unsaturated/α-hetero) is 1. The van der Waals surface area contributed by atoms with Crippen LogP contribution in [0.2, 0.25) is 0 Å². The molecule has 0 aromatic heterocycles. The molecule has 166 valence electrons. The topological polar surface area (TPSA) is 54.5 Å². The van der Waals surface area contributed by atoms with E-state index in [9.17, 15) is 14.4 Å². The van der Waals surface area contributed by atoms with Gasteiger partial charge in [0.15, 0.2) is 5.78 Å². The summed E-state index contributed by atoms with van der Waals surface area (Å²) in [6.45, 7) is 7.22. The second kappa shape index (κ2) is 16.4. The van der Waals surface area contributed by atoms with Gasteiger partial charge >= 0.3 is 0 Å². The first-order valence-electron chi connectivity index (χ1n) is 12.0. The van der Waals surface area contributed by atoms with Crippen LogP contribution in [-0.2, 0) is 14.4 Å². The van der Waals surface area contributed by atoms with Crippen molar-refractivity contribution in [2.24, 2.45) is 5.92 Å². The minimum atomic E-state index is 0.0279. The molecule has 0 aliphatic carbocycles. The molecule has 1 heterocycles. The lowest BCUT2D eigenvalue weighted by Gasteiger charge is -2.20. The third kappa shape index (κ3) is 12.0. The summed E-state index contributed by atoms with van der Waals surface area (Å²) in [5.74, 6) is 0.456. The zero-order valence-corrected chi connectivity index (χ0v) is 18.8. The number of hydrogen-bond donors (Lipinski definition) is 0. The van der Waals surface area contributed by atoms with E-state index in [0.717, 1.165) is 57.9 Å². The van der Waals surface area contributed by atoms with Crippen molar-refractivity contribution in [1.82, 2.24) is 4.90 Å². The van der Waals surface area contributed by atoms with Crippen LogP contribution in [0.25, 0.3) is 0 Å². The van der Waals surface area contributed by atoms with Crippen molar-refractivity contribution in [1.29, 1.82) is 0 Å². The van der Waals surface area contributed by atoms with Crippen molar-refractivity contribution < 1.29 is 14.4 Å². The average molecular weight is 406 g/mol. The number of nitrogens with zero attached hydrogens (tertiary/aromatic N) is 1. The molecule has 1 aliphatic heterocycles. The normalized spacial score (nSPS) is 14.9. The summed E-state index contributed by atoms with van der Waals surface area (Å²) in [5.41, 5.74) is 0.647. The highest BCUT2D eigenvalue weighted by molar-refractivity contribution is 5.96. The van der Waals surface area contributed by atoms with E-state index < -0.39 is 0 Å². The van der Waals surface area contributed by atoms with E-state index in [-0.39, 0.29) is 17.6 Å². The van der Waals surface area contributed by atoms with E-state index in [1.54, 1.807) is 6.92 Å². The molecule has 1 rings (SSSR count). The Kier molecular flexibility index (Phi) is 14.4. The van der Waals surface area contributed by atoms with E-state index in [1.807, 2.05) is 4.90 Å². The molecule has 4 nitrogen and oxygen atoms in total. The molecule has 0 aromatic carbocycles. The van der Waals surface area contributed by atoms with E-state index in [2.05, 4.69) is 6.58 Å². The number of carbonyl (C=O) groups excluding carboxylic acids is 3. The van der Waals surface area contributed by atoms with Crippen molar-refractivity contribution >= 4 is 18.0 Å². The van der Waals surface area contributed by atoms with Crippen LogP contribution in [0.3, 0.4) is 0 Å². The molecule has 0 spiro atoms. The van der Waals surface area contributed by atoms with Gasteiger partial charge in [0, 0.05) is 31.8 Å². The molecule has 0 N–H and O–H groups in total. The molecule has 1 aliphatic rings. The molecule has 4 heteroatoms. The lowest BCUT2D eigenvalue weighted by molar-refractivity contribution is -0.128. The van der Waals surface area contributed by atoms with Gasteiger partial charge in [0.2, 0.25) is 5.91 Å². The molecule has 0 radical (unpaired) electrons. The standard InChI is InChI=1S/C25H43NO3/c1-22(2)25(29)23(18-20-26-19-15-17-24(26)28)16-13-11-9-7-5-3-4-6-8-10-12-14-21-27/h21,23H,1,3-20H2,2H3. The monoisotopic (exact) mass is 405 g/mol. The van der Waals surface area contributed by atoms with Crippen molar-refractivity contribution in [3.63, 3.8) is 0 Å². The van der Waals surface area contributed by atoms with Gasteiger partial charge in [-0.2, -0.15) is 0 Å². The Hall–Kier alpha value is -1.45. The highest BCUT2D eigenvalue weighted by Gasteiger charge is 2.24. The number of carbonyl (C=O) groups is 3. The summed E-state index contributed by atoms with van der Waals surface area (Å²) in [4.78, 5) is 36.4. The van der Waals surface area contributed by atoms with E-state index in [0.29, 0.717) is 12.0 Å². The molecule has 0 bridgehead atoms. The van der Waals surface area contributed by atoms with E-state index in [1.165, 1.54) is 57.8 Å². The zero-order chi connectivity index (χ0) is 21.3. The molecule has 1 fully saturated rings. The Balaban J connectivity index is 2.07. The molecule has 0 aromatic rings. The van der Waals surface area contributed by atoms with Crippen LogP contribution in [0, 0.1) is 5.92 Å². The molecular formula is C25H43NO3. The number of rotatable bonds is 19. The minimum Gasteiger partial charge on any atom is -0.343 e. The number of likely N-dealkylation sites (tertiary alicyclic amines) is 1. The second-order valence-corrected chi connectivity index (χ2v) is 8.75. The number of ketones is 1. The predicted octanol–water partition coefficient (Wildman–Crippen LogP) is 6.03. The third-order valence-corrected chi connectivity index (χ3v) is 6.08. The van der Waals surface area contributed by atoms with E-state index >= 15 is 0 Å². The highest BCUT2D eigenvalue weighted by atomic mass is 16.2. The van der Waals surface area contributed by atoms with Gasteiger partial charge < -0.3 is 9.69 Å². The number of hydrogen-bond acceptors (Lipinski definition) is 3. The van der Waals surface area contributed by atoms with Crippen molar-refractivity contribution in [3.05, 3.63) is 12.2 Å². The first-order chi connectivity index (χ1) is 14.1. The maximum Gasteiger partial charge on any atom is 0.222 e. The summed E-state index contributed by atoms with van der Waals surface area (Å²) in [6.07, 6.45) is 18.6. The van der Waals surface area contributed by atoms with Gasteiger partial charge in [-0.1, -0.05) is 70.8 Å². The summed E-state index contributed by atoms with van der Waals surface area (Å²) in [7, 11) is 0. The lowest BCUT2D eigenvalue weighted by Crippen LogP contribution is -2.29. The smallest absolute Gasteiger partial charge is 0.222 e. The number of unbranched alkanes of at least 4 members (excludes halogenated alkanes) is 11. The van der Waals surface area contributed by atoms with Crippen molar-refractivity contribution in [3.8, 4) is 0 Å². The second-order valence-electron chi connectivity index (χ2n) is 8.75. The summed E-state index contributed by atoms with van der Waals surface area (Å²) in [5, 5.41) is 0. The van der Waals surface area contributed by atoms with Gasteiger partial charge in [-0.3, -0.25) is 9.59 Å². The van der Waals surface area contributed by atoms with Crippen LogP contribution in [0.1, 0.15) is 110 Å². The first kappa shape index (κ1) is 25.6. The SMILES string of the molecule is C=C(C)C(=O)C(CCCCCCCCCCCCCC=O)CCN1CCCC1=O. The number of amides is 1. The Morgan fingerprint density at radius 2 is 1.52 bits per heavy atom. The highest BCUT2D eigenvalue weighted by Crippen LogP contribution is 2.21. The molecule has 0 saturated carbocycles. The first-order valence-corrected chi connectivity index (χ1v) is 12.0. The summed E-state index contributed by atoms with van der Waals surface area (Å²) >= 11 is 0. The molecule has 1 atom stereocenters. The third-order valence-electron chi connectivity index (χ3n) is 6.08. The Morgan fingerprint density at radius 3 is 2.00 bits per heavy atom. The fourth-order valence-electron chi connectivity index (χ4n) is 4.22. The van der Waals surface area contributed by atoms with Gasteiger partial charge in [-0.05, 0) is 38.2 Å². The maximum atomic E-state index is 12.5. The van der Waals surface area contributed by atoms with Crippen LogP contribution in [0.5, 0.6) is 0 Å². The Bertz CT molecular complexity index is 500. The zero-order valence-electron chi connectivity index (χ0n) is 18.8. The van der Waals surface area contributed by atoms with Gasteiger partial charge in [0.1, 0.15) is 6.29 Å². The largest absolute Gasteiger partial charge is 0.343 e. The minimum absolute atomic E-state index is 0.0279. The predicted molar refractivity (Wildman–Crippen MR) is 120 cm³/mol. The Morgan fingerprint density at radius 1 is 0.966 bits per heavy atom.